The first-order chi connectivity index (χ1) is 11.2. The molecule has 0 aromatic carbocycles. The molecular weight excluding hydrogens is 290 g/mol. The van der Waals surface area contributed by atoms with E-state index in [0.717, 1.165) is 24.1 Å². The number of rotatable bonds is 5. The number of carbonyl (C=O) groups excluding carboxylic acids is 1. The first-order valence-electron chi connectivity index (χ1n) is 8.55. The molecule has 2 aromatic heterocycles. The molecule has 1 aliphatic carbocycles. The molecule has 5 heteroatoms. The third-order valence-electron chi connectivity index (χ3n) is 4.63. The van der Waals surface area contributed by atoms with Crippen molar-refractivity contribution in [2.45, 2.75) is 65.1 Å². The molecule has 23 heavy (non-hydrogen) atoms. The maximum absolute atomic E-state index is 13.2. The number of hydrogen-bond acceptors (Lipinski definition) is 3. The van der Waals surface area contributed by atoms with E-state index in [4.69, 9.17) is 4.42 Å². The van der Waals surface area contributed by atoms with E-state index in [-0.39, 0.29) is 5.91 Å². The molecule has 0 N–H and O–H groups in total. The molecule has 2 aromatic rings. The lowest BCUT2D eigenvalue weighted by molar-refractivity contribution is 0.0601. The van der Waals surface area contributed by atoms with Gasteiger partial charge in [0.15, 0.2) is 0 Å². The number of hydrogen-bond donors (Lipinski definition) is 0. The zero-order valence-electron chi connectivity index (χ0n) is 14.0. The number of aryl methyl sites for hydroxylation is 2. The van der Waals surface area contributed by atoms with E-state index >= 15 is 0 Å². The van der Waals surface area contributed by atoms with Gasteiger partial charge in [0.1, 0.15) is 5.69 Å². The van der Waals surface area contributed by atoms with Gasteiger partial charge in [-0.2, -0.15) is 5.10 Å². The largest absolute Gasteiger partial charge is 0.472 e. The van der Waals surface area contributed by atoms with E-state index in [1.165, 1.54) is 19.3 Å². The summed E-state index contributed by atoms with van der Waals surface area (Å²) in [6.07, 6.45) is 9.24. The summed E-state index contributed by atoms with van der Waals surface area (Å²) in [5.41, 5.74) is 2.63. The molecule has 1 fully saturated rings. The highest BCUT2D eigenvalue weighted by Gasteiger charge is 2.28. The van der Waals surface area contributed by atoms with Gasteiger partial charge >= 0.3 is 0 Å². The van der Waals surface area contributed by atoms with Crippen molar-refractivity contribution < 1.29 is 9.21 Å². The van der Waals surface area contributed by atoms with Crippen molar-refractivity contribution in [2.24, 2.45) is 0 Å². The minimum atomic E-state index is 0.0838. The lowest BCUT2D eigenvalue weighted by Crippen LogP contribution is -2.41. The van der Waals surface area contributed by atoms with E-state index in [0.29, 0.717) is 24.8 Å². The maximum Gasteiger partial charge on any atom is 0.272 e. The summed E-state index contributed by atoms with van der Waals surface area (Å²) >= 11 is 0. The van der Waals surface area contributed by atoms with Crippen molar-refractivity contribution in [1.82, 2.24) is 14.7 Å². The molecule has 0 aliphatic heterocycles. The normalized spacial score (nSPS) is 15.7. The highest BCUT2D eigenvalue weighted by Crippen LogP contribution is 2.26. The molecular formula is C18H25N3O2. The Hall–Kier alpha value is -2.04. The summed E-state index contributed by atoms with van der Waals surface area (Å²) in [4.78, 5) is 15.2. The smallest absolute Gasteiger partial charge is 0.272 e. The quantitative estimate of drug-likeness (QED) is 0.843. The maximum atomic E-state index is 13.2. The van der Waals surface area contributed by atoms with Gasteiger partial charge in [0.25, 0.3) is 5.91 Å². The molecule has 5 nitrogen and oxygen atoms in total. The fraction of sp³-hybridized carbons (Fsp3) is 0.556. The van der Waals surface area contributed by atoms with Crippen LogP contribution in [-0.4, -0.2) is 26.6 Å². The lowest BCUT2D eigenvalue weighted by atomic mass is 9.93. The summed E-state index contributed by atoms with van der Waals surface area (Å²) in [6, 6.07) is 4.15. The fourth-order valence-corrected chi connectivity index (χ4v) is 3.44. The molecule has 124 valence electrons. The average molecular weight is 315 g/mol. The predicted molar refractivity (Wildman–Crippen MR) is 88.1 cm³/mol. The minimum absolute atomic E-state index is 0.0838. The molecule has 0 unspecified atom stereocenters. The van der Waals surface area contributed by atoms with Crippen LogP contribution >= 0.6 is 0 Å². The second-order valence-corrected chi connectivity index (χ2v) is 6.34. The number of amides is 1. The second-order valence-electron chi connectivity index (χ2n) is 6.34. The van der Waals surface area contributed by atoms with Gasteiger partial charge in [0.2, 0.25) is 0 Å². The van der Waals surface area contributed by atoms with Gasteiger partial charge < -0.3 is 9.32 Å². The van der Waals surface area contributed by atoms with Crippen molar-refractivity contribution in [2.75, 3.05) is 0 Å². The van der Waals surface area contributed by atoms with Crippen LogP contribution in [0.4, 0.5) is 0 Å². The Morgan fingerprint density at radius 1 is 1.39 bits per heavy atom. The topological polar surface area (TPSA) is 51.3 Å². The molecule has 1 saturated carbocycles. The highest BCUT2D eigenvalue weighted by molar-refractivity contribution is 5.93. The van der Waals surface area contributed by atoms with Crippen molar-refractivity contribution in [3.63, 3.8) is 0 Å². The Balaban J connectivity index is 1.87. The molecule has 3 rings (SSSR count). The minimum Gasteiger partial charge on any atom is -0.472 e. The first-order valence-corrected chi connectivity index (χ1v) is 8.55. The molecule has 2 heterocycles. The summed E-state index contributed by atoms with van der Waals surface area (Å²) in [6.45, 7) is 5.27. The van der Waals surface area contributed by atoms with E-state index in [1.807, 2.05) is 35.6 Å². The van der Waals surface area contributed by atoms with Crippen LogP contribution in [0.2, 0.25) is 0 Å². The Bertz CT molecular complexity index is 639. The Morgan fingerprint density at radius 3 is 2.83 bits per heavy atom. The molecule has 0 bridgehead atoms. The van der Waals surface area contributed by atoms with Gasteiger partial charge in [-0.15, -0.1) is 0 Å². The third kappa shape index (κ3) is 3.49. The van der Waals surface area contributed by atoms with Crippen molar-refractivity contribution in [1.29, 1.82) is 0 Å². The monoisotopic (exact) mass is 315 g/mol. The van der Waals surface area contributed by atoms with Crippen LogP contribution in [0.1, 0.15) is 60.8 Å². The lowest BCUT2D eigenvalue weighted by Gasteiger charge is -2.34. The number of aromatic nitrogens is 2. The Kier molecular flexibility index (Phi) is 4.84. The highest BCUT2D eigenvalue weighted by atomic mass is 16.3. The van der Waals surface area contributed by atoms with Crippen LogP contribution in [-0.2, 0) is 13.1 Å². The van der Waals surface area contributed by atoms with Crippen molar-refractivity contribution in [3.05, 3.63) is 41.6 Å². The summed E-state index contributed by atoms with van der Waals surface area (Å²) < 4.78 is 6.99. The van der Waals surface area contributed by atoms with Crippen LogP contribution in [0.5, 0.6) is 0 Å². The summed E-state index contributed by atoms with van der Waals surface area (Å²) in [5, 5.41) is 4.43. The summed E-state index contributed by atoms with van der Waals surface area (Å²) in [5.74, 6) is 0.0838. The Labute approximate surface area is 137 Å². The van der Waals surface area contributed by atoms with E-state index in [9.17, 15) is 4.79 Å². The van der Waals surface area contributed by atoms with Crippen LogP contribution in [0.15, 0.2) is 29.1 Å². The van der Waals surface area contributed by atoms with Crippen molar-refractivity contribution >= 4 is 5.91 Å². The average Bonchev–Trinajstić information content (AvgIpc) is 3.22. The number of furan rings is 1. The van der Waals surface area contributed by atoms with Gasteiger partial charge in [0.05, 0.1) is 18.2 Å². The summed E-state index contributed by atoms with van der Waals surface area (Å²) in [7, 11) is 0. The van der Waals surface area contributed by atoms with Crippen LogP contribution in [0, 0.1) is 6.92 Å². The van der Waals surface area contributed by atoms with Crippen LogP contribution in [0.25, 0.3) is 0 Å². The van der Waals surface area contributed by atoms with Crippen molar-refractivity contribution in [3.8, 4) is 0 Å². The van der Waals surface area contributed by atoms with E-state index in [2.05, 4.69) is 5.10 Å². The number of nitrogens with zero attached hydrogens (tertiary/aromatic N) is 3. The van der Waals surface area contributed by atoms with E-state index < -0.39 is 0 Å². The molecule has 1 aliphatic rings. The number of carbonyl (C=O) groups is 1. The van der Waals surface area contributed by atoms with Crippen LogP contribution in [0.3, 0.4) is 0 Å². The van der Waals surface area contributed by atoms with Gasteiger partial charge in [-0.1, -0.05) is 19.3 Å². The molecule has 0 radical (unpaired) electrons. The van der Waals surface area contributed by atoms with Crippen LogP contribution < -0.4 is 0 Å². The SMILES string of the molecule is CCn1nc(C)cc1C(=O)N(Cc1ccoc1)C1CCCCC1. The van der Waals surface area contributed by atoms with Gasteiger partial charge in [-0.05, 0) is 38.8 Å². The molecule has 0 saturated heterocycles. The van der Waals surface area contributed by atoms with Gasteiger partial charge in [-0.25, -0.2) is 0 Å². The molecule has 1 amide bonds. The zero-order valence-corrected chi connectivity index (χ0v) is 14.0. The third-order valence-corrected chi connectivity index (χ3v) is 4.63. The zero-order chi connectivity index (χ0) is 16.2. The molecule has 0 atom stereocenters. The first kappa shape index (κ1) is 15.8. The predicted octanol–water partition coefficient (Wildman–Crippen LogP) is 3.78. The fourth-order valence-electron chi connectivity index (χ4n) is 3.44. The second kappa shape index (κ2) is 7.02. The van der Waals surface area contributed by atoms with E-state index in [1.54, 1.807) is 12.5 Å². The Morgan fingerprint density at radius 2 is 2.17 bits per heavy atom. The standard InChI is InChI=1S/C18H25N3O2/c1-3-21-17(11-14(2)19-21)18(22)20(12-15-9-10-23-13-15)16-7-5-4-6-8-16/h9-11,13,16H,3-8,12H2,1-2H3. The molecule has 0 spiro atoms. The van der Waals surface area contributed by atoms with Gasteiger partial charge in [0, 0.05) is 24.7 Å². The van der Waals surface area contributed by atoms with Gasteiger partial charge in [-0.3, -0.25) is 9.48 Å².